The van der Waals surface area contributed by atoms with Crippen molar-refractivity contribution in [3.63, 3.8) is 0 Å². The highest BCUT2D eigenvalue weighted by Gasteiger charge is 2.21. The maximum atomic E-state index is 9.23. The average molecular weight is 389 g/mol. The fraction of sp³-hybridized carbons (Fsp3) is 1.00. The summed E-state index contributed by atoms with van der Waals surface area (Å²) in [6.07, 6.45) is 18.0. The molecule has 0 saturated carbocycles. The van der Waals surface area contributed by atoms with Gasteiger partial charge in [0, 0.05) is 11.1 Å². The number of unbranched alkanes of at least 4 members (excludes halogenated alkanes) is 9. The number of hydrogen-bond donors (Lipinski definition) is 4. The van der Waals surface area contributed by atoms with E-state index in [-0.39, 0.29) is 24.3 Å². The maximum Gasteiger partial charge on any atom is 0.0611 e. The van der Waals surface area contributed by atoms with Crippen LogP contribution in [0.15, 0.2) is 0 Å². The van der Waals surface area contributed by atoms with E-state index in [0.717, 1.165) is 32.1 Å². The van der Waals surface area contributed by atoms with Gasteiger partial charge >= 0.3 is 0 Å². The number of rotatable bonds is 17. The van der Waals surface area contributed by atoms with Gasteiger partial charge in [0.25, 0.3) is 0 Å². The van der Waals surface area contributed by atoms with Crippen molar-refractivity contribution in [3.05, 3.63) is 0 Å². The van der Waals surface area contributed by atoms with Crippen LogP contribution in [0.2, 0.25) is 0 Å². The minimum atomic E-state index is -0.355. The minimum Gasteiger partial charge on any atom is -0.394 e. The zero-order chi connectivity index (χ0) is 21.0. The molecule has 0 aliphatic carbocycles. The molecule has 27 heavy (non-hydrogen) atoms. The maximum absolute atomic E-state index is 9.23. The second-order valence-corrected chi connectivity index (χ2v) is 8.76. The van der Waals surface area contributed by atoms with Crippen LogP contribution in [0.25, 0.3) is 0 Å². The molecule has 6 N–H and O–H groups in total. The molecule has 0 aromatic heterocycles. The molecule has 2 unspecified atom stereocenters. The predicted octanol–water partition coefficient (Wildman–Crippen LogP) is 5.28. The van der Waals surface area contributed by atoms with Crippen LogP contribution < -0.4 is 11.5 Å². The molecule has 0 spiro atoms. The SMILES string of the molecule is CCCCCCCC(C)(N)CO.CCCCCCCCC(N)(CO)CCC. The van der Waals surface area contributed by atoms with Crippen molar-refractivity contribution >= 4 is 0 Å². The van der Waals surface area contributed by atoms with Crippen LogP contribution in [0, 0.1) is 0 Å². The van der Waals surface area contributed by atoms with Crippen molar-refractivity contribution < 1.29 is 10.2 Å². The first-order valence-electron chi connectivity index (χ1n) is 11.6. The van der Waals surface area contributed by atoms with Gasteiger partial charge in [-0.05, 0) is 26.2 Å². The quantitative estimate of drug-likeness (QED) is 0.255. The third-order valence-electron chi connectivity index (χ3n) is 5.30. The molecule has 0 fully saturated rings. The van der Waals surface area contributed by atoms with Crippen LogP contribution in [0.1, 0.15) is 124 Å². The van der Waals surface area contributed by atoms with Gasteiger partial charge in [0.2, 0.25) is 0 Å². The highest BCUT2D eigenvalue weighted by atomic mass is 16.3. The molecule has 2 atom stereocenters. The third-order valence-corrected chi connectivity index (χ3v) is 5.30. The predicted molar refractivity (Wildman–Crippen MR) is 120 cm³/mol. The Kier molecular flexibility index (Phi) is 20.6. The molecule has 4 heteroatoms. The molecule has 0 amide bonds. The van der Waals surface area contributed by atoms with E-state index in [4.69, 9.17) is 16.6 Å². The summed E-state index contributed by atoms with van der Waals surface area (Å²) in [7, 11) is 0. The molecule has 4 nitrogen and oxygen atoms in total. The molecule has 0 aliphatic rings. The molecule has 0 heterocycles. The van der Waals surface area contributed by atoms with E-state index in [1.807, 2.05) is 6.92 Å². The first-order chi connectivity index (χ1) is 12.8. The molecule has 166 valence electrons. The third kappa shape index (κ3) is 20.4. The van der Waals surface area contributed by atoms with Gasteiger partial charge < -0.3 is 21.7 Å². The van der Waals surface area contributed by atoms with E-state index in [9.17, 15) is 5.11 Å². The van der Waals surface area contributed by atoms with Gasteiger partial charge in [0.05, 0.1) is 13.2 Å². The lowest BCUT2D eigenvalue weighted by Gasteiger charge is -2.26. The fourth-order valence-corrected chi connectivity index (χ4v) is 3.25. The van der Waals surface area contributed by atoms with Crippen molar-refractivity contribution in [1.29, 1.82) is 0 Å². The molecular weight excluding hydrogens is 336 g/mol. The van der Waals surface area contributed by atoms with Gasteiger partial charge in [0.15, 0.2) is 0 Å². The molecule has 0 aromatic rings. The molecular formula is C23H52N2O2. The summed E-state index contributed by atoms with van der Waals surface area (Å²) in [5.41, 5.74) is 11.2. The number of hydrogen-bond acceptors (Lipinski definition) is 4. The Hall–Kier alpha value is -0.160. The van der Waals surface area contributed by atoms with E-state index >= 15 is 0 Å². The first kappa shape index (κ1) is 29.0. The summed E-state index contributed by atoms with van der Waals surface area (Å²) in [4.78, 5) is 0. The molecule has 0 rings (SSSR count). The van der Waals surface area contributed by atoms with Crippen LogP contribution >= 0.6 is 0 Å². The lowest BCUT2D eigenvalue weighted by Crippen LogP contribution is -2.43. The summed E-state index contributed by atoms with van der Waals surface area (Å²) >= 11 is 0. The Morgan fingerprint density at radius 1 is 0.556 bits per heavy atom. The van der Waals surface area contributed by atoms with Crippen LogP contribution in [0.4, 0.5) is 0 Å². The lowest BCUT2D eigenvalue weighted by molar-refractivity contribution is 0.174. The van der Waals surface area contributed by atoms with E-state index in [1.165, 1.54) is 64.2 Å². The Bertz CT molecular complexity index is 298. The molecule has 0 bridgehead atoms. The van der Waals surface area contributed by atoms with E-state index in [2.05, 4.69) is 20.8 Å². The second kappa shape index (κ2) is 19.2. The highest BCUT2D eigenvalue weighted by Crippen LogP contribution is 2.18. The largest absolute Gasteiger partial charge is 0.394 e. The number of nitrogens with two attached hydrogens (primary N) is 2. The standard InChI is InChI=1S/C13H29NO.C10H23NO/c1-3-5-6-7-8-9-11-13(14,12-15)10-4-2;1-3-4-5-6-7-8-10(2,11)9-12/h15H,3-12,14H2,1-2H3;12H,3-9,11H2,1-2H3. The summed E-state index contributed by atoms with van der Waals surface area (Å²) in [5, 5.41) is 18.1. The molecule has 0 radical (unpaired) electrons. The van der Waals surface area contributed by atoms with Crippen LogP contribution in [-0.2, 0) is 0 Å². The smallest absolute Gasteiger partial charge is 0.0611 e. The first-order valence-corrected chi connectivity index (χ1v) is 11.6. The Morgan fingerprint density at radius 2 is 1.00 bits per heavy atom. The van der Waals surface area contributed by atoms with Gasteiger partial charge in [-0.2, -0.15) is 0 Å². The summed E-state index contributed by atoms with van der Waals surface area (Å²) in [6, 6.07) is 0. The lowest BCUT2D eigenvalue weighted by atomic mass is 9.89. The number of aliphatic hydroxyl groups excluding tert-OH is 2. The fourth-order valence-electron chi connectivity index (χ4n) is 3.25. The monoisotopic (exact) mass is 388 g/mol. The van der Waals surface area contributed by atoms with Gasteiger partial charge in [-0.1, -0.05) is 97.8 Å². The molecule has 0 saturated heterocycles. The van der Waals surface area contributed by atoms with E-state index < -0.39 is 0 Å². The van der Waals surface area contributed by atoms with E-state index in [1.54, 1.807) is 0 Å². The van der Waals surface area contributed by atoms with Crippen LogP contribution in [0.3, 0.4) is 0 Å². The van der Waals surface area contributed by atoms with Gasteiger partial charge in [-0.25, -0.2) is 0 Å². The zero-order valence-corrected chi connectivity index (χ0v) is 19.1. The van der Waals surface area contributed by atoms with Crippen molar-refractivity contribution in [1.82, 2.24) is 0 Å². The summed E-state index contributed by atoms with van der Waals surface area (Å²) in [5.74, 6) is 0. The topological polar surface area (TPSA) is 92.5 Å². The zero-order valence-electron chi connectivity index (χ0n) is 19.1. The highest BCUT2D eigenvalue weighted by molar-refractivity contribution is 4.82. The minimum absolute atomic E-state index is 0.0980. The van der Waals surface area contributed by atoms with Crippen LogP contribution in [-0.4, -0.2) is 34.5 Å². The number of aliphatic hydroxyl groups is 2. The Morgan fingerprint density at radius 3 is 1.41 bits per heavy atom. The summed E-state index contributed by atoms with van der Waals surface area (Å²) < 4.78 is 0. The normalized spacial score (nSPS) is 15.6. The van der Waals surface area contributed by atoms with Gasteiger partial charge in [-0.3, -0.25) is 0 Å². The van der Waals surface area contributed by atoms with Crippen molar-refractivity contribution in [2.45, 2.75) is 135 Å². The van der Waals surface area contributed by atoms with Crippen molar-refractivity contribution in [2.75, 3.05) is 13.2 Å². The summed E-state index contributed by atoms with van der Waals surface area (Å²) in [6.45, 7) is 8.71. The average Bonchev–Trinajstić information content (AvgIpc) is 2.65. The second-order valence-electron chi connectivity index (χ2n) is 8.76. The molecule has 0 aromatic carbocycles. The Balaban J connectivity index is 0. The van der Waals surface area contributed by atoms with Gasteiger partial charge in [-0.15, -0.1) is 0 Å². The van der Waals surface area contributed by atoms with Crippen LogP contribution in [0.5, 0.6) is 0 Å². The van der Waals surface area contributed by atoms with Crippen molar-refractivity contribution in [2.24, 2.45) is 11.5 Å². The van der Waals surface area contributed by atoms with Crippen molar-refractivity contribution in [3.8, 4) is 0 Å². The van der Waals surface area contributed by atoms with Gasteiger partial charge in [0.1, 0.15) is 0 Å². The molecule has 0 aliphatic heterocycles. The van der Waals surface area contributed by atoms with E-state index in [0.29, 0.717) is 0 Å². The Labute approximate surface area is 170 Å².